The Labute approximate surface area is 83.5 Å². The van der Waals surface area contributed by atoms with Crippen LogP contribution in [0.15, 0.2) is 30.3 Å². The van der Waals surface area contributed by atoms with Crippen molar-refractivity contribution < 1.29 is 9.90 Å². The molecular formula is C10H16N2O2. The van der Waals surface area contributed by atoms with Crippen LogP contribution in [0.2, 0.25) is 0 Å². The first kappa shape index (κ1) is 12.6. The first-order valence-electron chi connectivity index (χ1n) is 4.32. The van der Waals surface area contributed by atoms with Crippen molar-refractivity contribution >= 4 is 5.97 Å². The predicted molar refractivity (Wildman–Crippen MR) is 56.1 cm³/mol. The third-order valence-corrected chi connectivity index (χ3v) is 1.39. The van der Waals surface area contributed by atoms with Gasteiger partial charge in [-0.15, -0.1) is 0 Å². The van der Waals surface area contributed by atoms with Crippen LogP contribution < -0.4 is 11.5 Å². The van der Waals surface area contributed by atoms with Crippen LogP contribution in [0.3, 0.4) is 0 Å². The largest absolute Gasteiger partial charge is 0.478 e. The molecule has 0 aromatic heterocycles. The number of benzene rings is 1. The molecule has 1 unspecified atom stereocenters. The molecule has 0 aliphatic carbocycles. The smallest absolute Gasteiger partial charge is 0.335 e. The summed E-state index contributed by atoms with van der Waals surface area (Å²) in [5.41, 5.74) is 10.5. The van der Waals surface area contributed by atoms with Gasteiger partial charge < -0.3 is 16.6 Å². The number of carboxylic acid groups (broad SMARTS) is 1. The molecule has 0 heterocycles. The zero-order valence-electron chi connectivity index (χ0n) is 8.18. The standard InChI is InChI=1S/C7H6O2.C3H10N2/c8-7(9)6-4-2-1-3-5-6;1-3(5)2-4/h1-5H,(H,8,9);3H,2,4-5H2,1H3. The topological polar surface area (TPSA) is 89.3 Å². The van der Waals surface area contributed by atoms with E-state index in [0.717, 1.165) is 0 Å². The molecule has 4 nitrogen and oxygen atoms in total. The Morgan fingerprint density at radius 2 is 1.86 bits per heavy atom. The minimum Gasteiger partial charge on any atom is -0.478 e. The zero-order valence-corrected chi connectivity index (χ0v) is 8.18. The first-order chi connectivity index (χ1) is 6.57. The summed E-state index contributed by atoms with van der Waals surface area (Å²) in [6.45, 7) is 2.46. The molecule has 78 valence electrons. The number of rotatable bonds is 2. The Bertz CT molecular complexity index is 260. The van der Waals surface area contributed by atoms with Crippen LogP contribution >= 0.6 is 0 Å². The highest BCUT2D eigenvalue weighted by Crippen LogP contribution is 1.96. The third-order valence-electron chi connectivity index (χ3n) is 1.39. The van der Waals surface area contributed by atoms with Crippen LogP contribution in [0, 0.1) is 0 Å². The van der Waals surface area contributed by atoms with Gasteiger partial charge in [0, 0.05) is 12.6 Å². The summed E-state index contributed by atoms with van der Waals surface area (Å²) in [4.78, 5) is 10.2. The molecule has 1 atom stereocenters. The summed E-state index contributed by atoms with van der Waals surface area (Å²) < 4.78 is 0. The minimum absolute atomic E-state index is 0.162. The first-order valence-corrected chi connectivity index (χ1v) is 4.32. The molecule has 1 aromatic rings. The Morgan fingerprint density at radius 1 is 1.43 bits per heavy atom. The van der Waals surface area contributed by atoms with Crippen molar-refractivity contribution in [2.75, 3.05) is 6.54 Å². The van der Waals surface area contributed by atoms with Crippen LogP contribution in [0.25, 0.3) is 0 Å². The van der Waals surface area contributed by atoms with E-state index in [4.69, 9.17) is 16.6 Å². The van der Waals surface area contributed by atoms with E-state index in [-0.39, 0.29) is 6.04 Å². The maximum atomic E-state index is 10.2. The highest BCUT2D eigenvalue weighted by molar-refractivity contribution is 5.87. The summed E-state index contributed by atoms with van der Waals surface area (Å²) in [5, 5.41) is 8.38. The molecule has 14 heavy (non-hydrogen) atoms. The Hall–Kier alpha value is -1.39. The fourth-order valence-electron chi connectivity index (χ4n) is 0.581. The van der Waals surface area contributed by atoms with Gasteiger partial charge in [0.1, 0.15) is 0 Å². The Morgan fingerprint density at radius 3 is 2.07 bits per heavy atom. The number of aromatic carboxylic acids is 1. The molecular weight excluding hydrogens is 180 g/mol. The van der Waals surface area contributed by atoms with Gasteiger partial charge in [0.2, 0.25) is 0 Å². The molecule has 1 aromatic carbocycles. The van der Waals surface area contributed by atoms with Crippen molar-refractivity contribution in [1.82, 2.24) is 0 Å². The molecule has 1 rings (SSSR count). The highest BCUT2D eigenvalue weighted by Gasteiger charge is 1.96. The van der Waals surface area contributed by atoms with Gasteiger partial charge in [-0.1, -0.05) is 18.2 Å². The maximum absolute atomic E-state index is 10.2. The average molecular weight is 196 g/mol. The zero-order chi connectivity index (χ0) is 11.0. The van der Waals surface area contributed by atoms with E-state index in [1.165, 1.54) is 0 Å². The number of nitrogens with two attached hydrogens (primary N) is 2. The van der Waals surface area contributed by atoms with E-state index in [1.807, 2.05) is 6.92 Å². The van der Waals surface area contributed by atoms with Crippen molar-refractivity contribution in [2.45, 2.75) is 13.0 Å². The quantitative estimate of drug-likeness (QED) is 0.648. The van der Waals surface area contributed by atoms with Gasteiger partial charge in [-0.25, -0.2) is 4.79 Å². The normalized spacial score (nSPS) is 11.1. The SMILES string of the molecule is CC(N)CN.O=C(O)c1ccccc1. The van der Waals surface area contributed by atoms with Gasteiger partial charge in [-0.2, -0.15) is 0 Å². The lowest BCUT2D eigenvalue weighted by atomic mass is 10.2. The number of hydrogen-bond donors (Lipinski definition) is 3. The molecule has 5 N–H and O–H groups in total. The molecule has 4 heteroatoms. The maximum Gasteiger partial charge on any atom is 0.335 e. The van der Waals surface area contributed by atoms with Crippen molar-refractivity contribution in [3.8, 4) is 0 Å². The van der Waals surface area contributed by atoms with E-state index < -0.39 is 5.97 Å². The van der Waals surface area contributed by atoms with E-state index in [9.17, 15) is 4.79 Å². The number of hydrogen-bond acceptors (Lipinski definition) is 3. The van der Waals surface area contributed by atoms with Gasteiger partial charge in [0.15, 0.2) is 0 Å². The van der Waals surface area contributed by atoms with E-state index in [0.29, 0.717) is 12.1 Å². The molecule has 0 saturated heterocycles. The van der Waals surface area contributed by atoms with Crippen LogP contribution in [0.1, 0.15) is 17.3 Å². The summed E-state index contributed by atoms with van der Waals surface area (Å²) in [6, 6.07) is 8.46. The van der Waals surface area contributed by atoms with Crippen LogP contribution in [-0.2, 0) is 0 Å². The van der Waals surface area contributed by atoms with E-state index in [2.05, 4.69) is 0 Å². The summed E-state index contributed by atoms with van der Waals surface area (Å²) in [7, 11) is 0. The number of carboxylic acids is 1. The minimum atomic E-state index is -0.879. The monoisotopic (exact) mass is 196 g/mol. The molecule has 0 spiro atoms. The van der Waals surface area contributed by atoms with Crippen molar-refractivity contribution in [2.24, 2.45) is 11.5 Å². The molecule has 0 aliphatic rings. The highest BCUT2D eigenvalue weighted by atomic mass is 16.4. The van der Waals surface area contributed by atoms with Crippen LogP contribution in [0.4, 0.5) is 0 Å². The second kappa shape index (κ2) is 7.06. The molecule has 0 bridgehead atoms. The van der Waals surface area contributed by atoms with Gasteiger partial charge in [-0.05, 0) is 19.1 Å². The fourth-order valence-corrected chi connectivity index (χ4v) is 0.581. The lowest BCUT2D eigenvalue weighted by Gasteiger charge is -1.92. The second-order valence-electron chi connectivity index (χ2n) is 2.88. The fraction of sp³-hybridized carbons (Fsp3) is 0.300. The summed E-state index contributed by atoms with van der Waals surface area (Å²) in [5.74, 6) is -0.879. The summed E-state index contributed by atoms with van der Waals surface area (Å²) in [6.07, 6.45) is 0. The van der Waals surface area contributed by atoms with Gasteiger partial charge in [0.25, 0.3) is 0 Å². The van der Waals surface area contributed by atoms with Gasteiger partial charge >= 0.3 is 5.97 Å². The molecule has 0 radical (unpaired) electrons. The Balaban J connectivity index is 0.000000292. The van der Waals surface area contributed by atoms with Gasteiger partial charge in [-0.3, -0.25) is 0 Å². The van der Waals surface area contributed by atoms with Crippen LogP contribution in [0.5, 0.6) is 0 Å². The predicted octanol–water partition coefficient (Wildman–Crippen LogP) is 0.677. The summed E-state index contributed by atoms with van der Waals surface area (Å²) >= 11 is 0. The van der Waals surface area contributed by atoms with Crippen molar-refractivity contribution in [1.29, 1.82) is 0 Å². The molecule has 0 fully saturated rings. The Kier molecular flexibility index (Phi) is 6.36. The van der Waals surface area contributed by atoms with E-state index >= 15 is 0 Å². The van der Waals surface area contributed by atoms with Crippen LogP contribution in [-0.4, -0.2) is 23.7 Å². The molecule has 0 amide bonds. The van der Waals surface area contributed by atoms with Crippen molar-refractivity contribution in [3.05, 3.63) is 35.9 Å². The van der Waals surface area contributed by atoms with Crippen molar-refractivity contribution in [3.63, 3.8) is 0 Å². The average Bonchev–Trinajstić information content (AvgIpc) is 2.20. The van der Waals surface area contributed by atoms with E-state index in [1.54, 1.807) is 30.3 Å². The van der Waals surface area contributed by atoms with Gasteiger partial charge in [0.05, 0.1) is 5.56 Å². The number of carbonyl (C=O) groups is 1. The third kappa shape index (κ3) is 6.16. The second-order valence-corrected chi connectivity index (χ2v) is 2.88. The molecule has 0 saturated carbocycles. The lowest BCUT2D eigenvalue weighted by molar-refractivity contribution is 0.0697. The lowest BCUT2D eigenvalue weighted by Crippen LogP contribution is -2.25. The molecule has 0 aliphatic heterocycles.